The first-order valence-corrected chi connectivity index (χ1v) is 6.03. The third-order valence-corrected chi connectivity index (χ3v) is 2.78. The number of ketones is 1. The summed E-state index contributed by atoms with van der Waals surface area (Å²) in [6.07, 6.45) is 0.874. The second-order valence-electron chi connectivity index (χ2n) is 4.14. The van der Waals surface area contributed by atoms with Gasteiger partial charge in [0.1, 0.15) is 5.52 Å². The number of hydrogen-bond acceptors (Lipinski definition) is 5. The van der Waals surface area contributed by atoms with Crippen molar-refractivity contribution >= 4 is 16.9 Å². The largest absolute Gasteiger partial charge is 0.439 e. The lowest BCUT2D eigenvalue weighted by Gasteiger charge is -2.03. The normalized spacial score (nSPS) is 12.2. The summed E-state index contributed by atoms with van der Waals surface area (Å²) in [6, 6.07) is 9.15. The lowest BCUT2D eigenvalue weighted by molar-refractivity contribution is -0.120. The van der Waals surface area contributed by atoms with E-state index in [4.69, 9.17) is 14.4 Å². The van der Waals surface area contributed by atoms with Crippen molar-refractivity contribution in [3.8, 4) is 6.07 Å². The zero-order chi connectivity index (χ0) is 13.7. The predicted octanol–water partition coefficient (Wildman–Crippen LogP) is 2.43. The highest BCUT2D eigenvalue weighted by Gasteiger charge is 2.25. The van der Waals surface area contributed by atoms with Gasteiger partial charge in [0.15, 0.2) is 17.3 Å². The van der Waals surface area contributed by atoms with Crippen molar-refractivity contribution in [3.63, 3.8) is 0 Å². The SMILES string of the molecule is COCCCC(=O)C(C#N)c1nc2ccccc2o1. The summed E-state index contributed by atoms with van der Waals surface area (Å²) >= 11 is 0. The van der Waals surface area contributed by atoms with Gasteiger partial charge in [-0.3, -0.25) is 4.79 Å². The van der Waals surface area contributed by atoms with Crippen LogP contribution in [-0.2, 0) is 9.53 Å². The second-order valence-corrected chi connectivity index (χ2v) is 4.14. The number of carbonyl (C=O) groups excluding carboxylic acids is 1. The average Bonchev–Trinajstić information content (AvgIpc) is 2.83. The summed E-state index contributed by atoms with van der Waals surface area (Å²) < 4.78 is 10.3. The van der Waals surface area contributed by atoms with Gasteiger partial charge in [-0.05, 0) is 18.6 Å². The summed E-state index contributed by atoms with van der Waals surface area (Å²) in [5.41, 5.74) is 1.24. The summed E-state index contributed by atoms with van der Waals surface area (Å²) in [6.45, 7) is 0.497. The molecule has 0 bridgehead atoms. The molecule has 0 saturated carbocycles. The number of nitrogens with zero attached hydrogens (tertiary/aromatic N) is 2. The van der Waals surface area contributed by atoms with Crippen LogP contribution in [0.15, 0.2) is 28.7 Å². The van der Waals surface area contributed by atoms with Crippen LogP contribution < -0.4 is 0 Å². The third-order valence-electron chi connectivity index (χ3n) is 2.78. The lowest BCUT2D eigenvalue weighted by Crippen LogP contribution is -2.11. The van der Waals surface area contributed by atoms with Gasteiger partial charge in [0, 0.05) is 20.1 Å². The van der Waals surface area contributed by atoms with Crippen LogP contribution in [-0.4, -0.2) is 24.5 Å². The molecule has 0 amide bonds. The van der Waals surface area contributed by atoms with Crippen LogP contribution in [0.3, 0.4) is 0 Å². The number of fused-ring (bicyclic) bond motifs is 1. The Bertz CT molecular complexity index is 579. The van der Waals surface area contributed by atoms with Crippen LogP contribution in [0.5, 0.6) is 0 Å². The number of carbonyl (C=O) groups is 1. The Morgan fingerprint density at radius 1 is 1.53 bits per heavy atom. The molecule has 0 aliphatic heterocycles. The Hall–Kier alpha value is -2.19. The van der Waals surface area contributed by atoms with Gasteiger partial charge in [0.25, 0.3) is 0 Å². The number of methoxy groups -OCH3 is 1. The number of rotatable bonds is 6. The van der Waals surface area contributed by atoms with Gasteiger partial charge in [-0.1, -0.05) is 12.1 Å². The number of hydrogen-bond donors (Lipinski definition) is 0. The average molecular weight is 258 g/mol. The standard InChI is InChI=1S/C14H14N2O3/c1-18-8-4-6-12(17)10(9-15)14-16-11-5-2-3-7-13(11)19-14/h2-3,5,7,10H,4,6,8H2,1H3. The number of para-hydroxylation sites is 2. The van der Waals surface area contributed by atoms with Gasteiger partial charge >= 0.3 is 0 Å². The predicted molar refractivity (Wildman–Crippen MR) is 68.5 cm³/mol. The molecule has 0 saturated heterocycles. The minimum atomic E-state index is -0.941. The van der Waals surface area contributed by atoms with Gasteiger partial charge in [-0.2, -0.15) is 5.26 Å². The van der Waals surface area contributed by atoms with Gasteiger partial charge in [-0.25, -0.2) is 4.98 Å². The fraction of sp³-hybridized carbons (Fsp3) is 0.357. The number of nitriles is 1. The Morgan fingerprint density at radius 2 is 2.32 bits per heavy atom. The molecular formula is C14H14N2O3. The number of benzene rings is 1. The summed E-state index contributed by atoms with van der Waals surface area (Å²) in [5.74, 6) is -0.957. The van der Waals surface area contributed by atoms with E-state index in [2.05, 4.69) is 4.98 Å². The second kappa shape index (κ2) is 6.12. The molecule has 5 heteroatoms. The molecule has 0 aliphatic rings. The summed E-state index contributed by atoms with van der Waals surface area (Å²) in [5, 5.41) is 9.13. The Balaban J connectivity index is 2.17. The fourth-order valence-electron chi connectivity index (χ4n) is 1.81. The lowest BCUT2D eigenvalue weighted by atomic mass is 10.0. The minimum Gasteiger partial charge on any atom is -0.439 e. The molecule has 1 aromatic carbocycles. The molecule has 1 heterocycles. The first-order chi connectivity index (χ1) is 9.26. The van der Waals surface area contributed by atoms with Gasteiger partial charge in [0.2, 0.25) is 5.89 Å². The van der Waals surface area contributed by atoms with E-state index in [0.29, 0.717) is 24.1 Å². The van der Waals surface area contributed by atoms with Gasteiger partial charge < -0.3 is 9.15 Å². The first kappa shape index (κ1) is 13.2. The van der Waals surface area contributed by atoms with Crippen LogP contribution in [0.25, 0.3) is 11.1 Å². The molecule has 0 spiro atoms. The van der Waals surface area contributed by atoms with E-state index in [-0.39, 0.29) is 18.1 Å². The molecule has 98 valence electrons. The van der Waals surface area contributed by atoms with Crippen LogP contribution in [0.4, 0.5) is 0 Å². The number of ether oxygens (including phenoxy) is 1. The molecule has 2 aromatic rings. The Kier molecular flexibility index (Phi) is 4.26. The Morgan fingerprint density at radius 3 is 3.00 bits per heavy atom. The maximum absolute atomic E-state index is 11.9. The van der Waals surface area contributed by atoms with Crippen molar-refractivity contribution in [1.29, 1.82) is 5.26 Å². The molecule has 2 rings (SSSR count). The van der Waals surface area contributed by atoms with Gasteiger partial charge in [-0.15, -0.1) is 0 Å². The van der Waals surface area contributed by atoms with Crippen molar-refractivity contribution in [2.45, 2.75) is 18.8 Å². The van der Waals surface area contributed by atoms with E-state index in [9.17, 15) is 4.79 Å². The fourth-order valence-corrected chi connectivity index (χ4v) is 1.81. The molecule has 1 atom stereocenters. The molecule has 0 aliphatic carbocycles. The van der Waals surface area contributed by atoms with E-state index < -0.39 is 5.92 Å². The van der Waals surface area contributed by atoms with Crippen molar-refractivity contribution in [1.82, 2.24) is 4.98 Å². The third kappa shape index (κ3) is 2.98. The number of oxazole rings is 1. The maximum Gasteiger partial charge on any atom is 0.220 e. The molecule has 0 fully saturated rings. The van der Waals surface area contributed by atoms with Crippen LogP contribution in [0.2, 0.25) is 0 Å². The molecule has 1 aromatic heterocycles. The molecule has 19 heavy (non-hydrogen) atoms. The molecule has 0 N–H and O–H groups in total. The van der Waals surface area contributed by atoms with Crippen LogP contribution in [0, 0.1) is 11.3 Å². The molecule has 5 nitrogen and oxygen atoms in total. The van der Waals surface area contributed by atoms with E-state index >= 15 is 0 Å². The number of aromatic nitrogens is 1. The van der Waals surface area contributed by atoms with Crippen LogP contribution in [0.1, 0.15) is 24.7 Å². The Labute approximate surface area is 110 Å². The molecule has 0 radical (unpaired) electrons. The summed E-state index contributed by atoms with van der Waals surface area (Å²) in [4.78, 5) is 16.1. The van der Waals surface area contributed by atoms with Gasteiger partial charge in [0.05, 0.1) is 6.07 Å². The zero-order valence-electron chi connectivity index (χ0n) is 10.6. The summed E-state index contributed by atoms with van der Waals surface area (Å²) in [7, 11) is 1.58. The molecular weight excluding hydrogens is 244 g/mol. The van der Waals surface area contributed by atoms with Crippen molar-refractivity contribution < 1.29 is 13.9 Å². The van der Waals surface area contributed by atoms with Crippen LogP contribution >= 0.6 is 0 Å². The van der Waals surface area contributed by atoms with E-state index in [1.165, 1.54) is 0 Å². The maximum atomic E-state index is 11.9. The number of Topliss-reactive ketones (excluding diaryl/α,β-unsaturated/α-hetero) is 1. The van der Waals surface area contributed by atoms with Crippen molar-refractivity contribution in [2.24, 2.45) is 0 Å². The minimum absolute atomic E-state index is 0.172. The quantitative estimate of drug-likeness (QED) is 0.744. The van der Waals surface area contributed by atoms with E-state index in [0.717, 1.165) is 0 Å². The topological polar surface area (TPSA) is 76.1 Å². The zero-order valence-corrected chi connectivity index (χ0v) is 10.6. The highest BCUT2D eigenvalue weighted by atomic mass is 16.5. The monoisotopic (exact) mass is 258 g/mol. The highest BCUT2D eigenvalue weighted by Crippen LogP contribution is 2.22. The van der Waals surface area contributed by atoms with E-state index in [1.54, 1.807) is 19.2 Å². The smallest absolute Gasteiger partial charge is 0.220 e. The molecule has 1 unspecified atom stereocenters. The van der Waals surface area contributed by atoms with E-state index in [1.807, 2.05) is 18.2 Å². The first-order valence-electron chi connectivity index (χ1n) is 6.03. The highest BCUT2D eigenvalue weighted by molar-refractivity contribution is 5.88. The van der Waals surface area contributed by atoms with Crippen molar-refractivity contribution in [2.75, 3.05) is 13.7 Å². The van der Waals surface area contributed by atoms with Crippen molar-refractivity contribution in [3.05, 3.63) is 30.2 Å².